The fraction of sp³-hybridized carbons (Fsp3) is 0.500. The maximum atomic E-state index is 6.04. The molecule has 0 aliphatic carbocycles. The van der Waals surface area contributed by atoms with Gasteiger partial charge in [0, 0.05) is 17.6 Å². The van der Waals surface area contributed by atoms with Crippen LogP contribution in [0, 0.1) is 0 Å². The molecule has 0 amide bonds. The van der Waals surface area contributed by atoms with E-state index >= 15 is 0 Å². The molecule has 0 fully saturated rings. The van der Waals surface area contributed by atoms with E-state index in [1.54, 1.807) is 17.6 Å². The fourth-order valence-electron chi connectivity index (χ4n) is 2.50. The van der Waals surface area contributed by atoms with Crippen LogP contribution in [0.5, 0.6) is 0 Å². The van der Waals surface area contributed by atoms with E-state index in [0.717, 1.165) is 30.1 Å². The third-order valence-corrected chi connectivity index (χ3v) is 4.78. The molecule has 2 atom stereocenters. The summed E-state index contributed by atoms with van der Waals surface area (Å²) >= 11 is 7.63. The van der Waals surface area contributed by atoms with Crippen molar-refractivity contribution >= 4 is 22.9 Å². The molecule has 5 heteroatoms. The van der Waals surface area contributed by atoms with Crippen molar-refractivity contribution in [1.29, 1.82) is 0 Å². The molecule has 2 N–H and O–H groups in total. The summed E-state index contributed by atoms with van der Waals surface area (Å²) in [7, 11) is 2.00. The maximum Gasteiger partial charge on any atom is 0.0950 e. The number of nitrogens with one attached hydrogen (secondary N) is 2. The van der Waals surface area contributed by atoms with Gasteiger partial charge in [-0.15, -0.1) is 11.3 Å². The van der Waals surface area contributed by atoms with Crippen LogP contribution in [-0.2, 0) is 0 Å². The molecule has 3 nitrogen and oxygen atoms in total. The lowest BCUT2D eigenvalue weighted by molar-refractivity contribution is 0.432. The molecule has 2 unspecified atom stereocenters. The van der Waals surface area contributed by atoms with E-state index in [-0.39, 0.29) is 0 Å². The molecule has 2 aromatic heterocycles. The lowest BCUT2D eigenvalue weighted by Crippen LogP contribution is -2.24. The van der Waals surface area contributed by atoms with Gasteiger partial charge in [0.05, 0.1) is 16.9 Å². The van der Waals surface area contributed by atoms with Crippen LogP contribution in [0.15, 0.2) is 34.5 Å². The van der Waals surface area contributed by atoms with E-state index in [1.807, 2.05) is 19.4 Å². The first-order valence-corrected chi connectivity index (χ1v) is 8.67. The molecular weight excluding hydrogens is 304 g/mol. The van der Waals surface area contributed by atoms with Gasteiger partial charge in [0.25, 0.3) is 0 Å². The van der Waals surface area contributed by atoms with Crippen molar-refractivity contribution in [1.82, 2.24) is 10.6 Å². The summed E-state index contributed by atoms with van der Waals surface area (Å²) in [6, 6.07) is 4.78. The first-order chi connectivity index (χ1) is 10.2. The zero-order valence-electron chi connectivity index (χ0n) is 12.6. The smallest absolute Gasteiger partial charge is 0.0950 e. The number of rotatable bonds is 9. The zero-order valence-corrected chi connectivity index (χ0v) is 14.1. The van der Waals surface area contributed by atoms with Crippen LogP contribution in [0.4, 0.5) is 0 Å². The first kappa shape index (κ1) is 16.6. The number of hydrogen-bond donors (Lipinski definition) is 2. The summed E-state index contributed by atoms with van der Waals surface area (Å²) in [5.74, 6) is 0. The minimum Gasteiger partial charge on any atom is -0.472 e. The second kappa shape index (κ2) is 8.59. The van der Waals surface area contributed by atoms with Gasteiger partial charge in [-0.2, -0.15) is 0 Å². The van der Waals surface area contributed by atoms with Gasteiger partial charge in [-0.25, -0.2) is 0 Å². The van der Waals surface area contributed by atoms with E-state index in [9.17, 15) is 0 Å². The van der Waals surface area contributed by atoms with Crippen LogP contribution in [0.3, 0.4) is 0 Å². The average molecular weight is 327 g/mol. The molecule has 0 aromatic carbocycles. The van der Waals surface area contributed by atoms with Crippen LogP contribution in [0.2, 0.25) is 4.34 Å². The second-order valence-corrected chi connectivity index (χ2v) is 6.71. The molecular formula is C16H23ClN2OS. The molecule has 0 saturated carbocycles. The lowest BCUT2D eigenvalue weighted by Gasteiger charge is -2.21. The number of halogens is 1. The second-order valence-electron chi connectivity index (χ2n) is 5.17. The quantitative estimate of drug-likeness (QED) is 0.696. The Balaban J connectivity index is 1.96. The summed E-state index contributed by atoms with van der Waals surface area (Å²) in [5, 5.41) is 9.12. The summed E-state index contributed by atoms with van der Waals surface area (Å²) in [5.41, 5.74) is 2.50. The van der Waals surface area contributed by atoms with Gasteiger partial charge in [0.1, 0.15) is 0 Å². The van der Waals surface area contributed by atoms with Crippen LogP contribution in [-0.4, -0.2) is 13.6 Å². The molecule has 0 bridgehead atoms. The van der Waals surface area contributed by atoms with E-state index in [0.29, 0.717) is 12.1 Å². The standard InChI is InChI=1S/C16H23ClN2OS/c1-3-7-19-15(12-6-8-20-10-12)5-4-14(18-2)13-9-16(17)21-11-13/h6,8-11,14-15,18-19H,3-5,7H2,1-2H3. The maximum absolute atomic E-state index is 6.04. The van der Waals surface area contributed by atoms with Crippen LogP contribution in [0.25, 0.3) is 0 Å². The summed E-state index contributed by atoms with van der Waals surface area (Å²) in [6.07, 6.45) is 6.81. The molecule has 21 heavy (non-hydrogen) atoms. The molecule has 116 valence electrons. The van der Waals surface area contributed by atoms with Crippen LogP contribution < -0.4 is 10.6 Å². The Labute approximate surface area is 135 Å². The first-order valence-electron chi connectivity index (χ1n) is 7.41. The van der Waals surface area contributed by atoms with E-state index in [2.05, 4.69) is 29.0 Å². The van der Waals surface area contributed by atoms with Crippen LogP contribution >= 0.6 is 22.9 Å². The normalized spacial score (nSPS) is 14.2. The summed E-state index contributed by atoms with van der Waals surface area (Å²) < 4.78 is 6.07. The molecule has 0 radical (unpaired) electrons. The highest BCUT2D eigenvalue weighted by Crippen LogP contribution is 2.29. The number of thiophene rings is 1. The Morgan fingerprint density at radius 2 is 2.10 bits per heavy atom. The van der Waals surface area contributed by atoms with Crippen molar-refractivity contribution < 1.29 is 4.42 Å². The average Bonchev–Trinajstić information content (AvgIpc) is 3.14. The highest BCUT2D eigenvalue weighted by Gasteiger charge is 2.17. The third kappa shape index (κ3) is 4.85. The van der Waals surface area contributed by atoms with Gasteiger partial charge < -0.3 is 15.1 Å². The molecule has 0 aliphatic rings. The fourth-order valence-corrected chi connectivity index (χ4v) is 3.44. The SMILES string of the molecule is CCCNC(CCC(NC)c1csc(Cl)c1)c1ccoc1. The van der Waals surface area contributed by atoms with Crippen molar-refractivity contribution in [3.63, 3.8) is 0 Å². The predicted molar refractivity (Wildman–Crippen MR) is 90.1 cm³/mol. The minimum absolute atomic E-state index is 0.339. The number of furan rings is 1. The van der Waals surface area contributed by atoms with Crippen molar-refractivity contribution in [2.75, 3.05) is 13.6 Å². The molecule has 0 saturated heterocycles. The summed E-state index contributed by atoms with van der Waals surface area (Å²) in [4.78, 5) is 0. The molecule has 0 spiro atoms. The molecule has 0 aliphatic heterocycles. The van der Waals surface area contributed by atoms with Crippen LogP contribution in [0.1, 0.15) is 49.4 Å². The predicted octanol–water partition coefficient (Wildman–Crippen LogP) is 4.78. The Morgan fingerprint density at radius 3 is 2.67 bits per heavy atom. The van der Waals surface area contributed by atoms with Crippen molar-refractivity contribution in [3.8, 4) is 0 Å². The van der Waals surface area contributed by atoms with E-state index < -0.39 is 0 Å². The van der Waals surface area contributed by atoms with Gasteiger partial charge in [-0.3, -0.25) is 0 Å². The van der Waals surface area contributed by atoms with Gasteiger partial charge in [0.15, 0.2) is 0 Å². The summed E-state index contributed by atoms with van der Waals surface area (Å²) in [6.45, 7) is 3.20. The highest BCUT2D eigenvalue weighted by molar-refractivity contribution is 7.14. The lowest BCUT2D eigenvalue weighted by atomic mass is 9.98. The van der Waals surface area contributed by atoms with E-state index in [4.69, 9.17) is 16.0 Å². The molecule has 2 rings (SSSR count). The Bertz CT molecular complexity index is 512. The monoisotopic (exact) mass is 326 g/mol. The molecule has 2 heterocycles. The van der Waals surface area contributed by atoms with Crippen molar-refractivity contribution in [2.24, 2.45) is 0 Å². The minimum atomic E-state index is 0.339. The molecule has 2 aromatic rings. The Hall–Kier alpha value is -0.810. The van der Waals surface area contributed by atoms with Gasteiger partial charge >= 0.3 is 0 Å². The van der Waals surface area contributed by atoms with Gasteiger partial charge in [-0.1, -0.05) is 18.5 Å². The topological polar surface area (TPSA) is 37.2 Å². The Kier molecular flexibility index (Phi) is 6.77. The largest absolute Gasteiger partial charge is 0.472 e. The third-order valence-electron chi connectivity index (χ3n) is 3.67. The van der Waals surface area contributed by atoms with Gasteiger partial charge in [0.2, 0.25) is 0 Å². The van der Waals surface area contributed by atoms with Crippen molar-refractivity contribution in [2.45, 2.75) is 38.3 Å². The van der Waals surface area contributed by atoms with Crippen molar-refractivity contribution in [3.05, 3.63) is 45.5 Å². The Morgan fingerprint density at radius 1 is 1.29 bits per heavy atom. The highest BCUT2D eigenvalue weighted by atomic mass is 35.5. The van der Waals surface area contributed by atoms with E-state index in [1.165, 1.54) is 11.1 Å². The zero-order chi connectivity index (χ0) is 15.1. The van der Waals surface area contributed by atoms with Gasteiger partial charge in [-0.05, 0) is 55.9 Å². The number of hydrogen-bond acceptors (Lipinski definition) is 4.